The van der Waals surface area contributed by atoms with Gasteiger partial charge in [0.25, 0.3) is 0 Å². The van der Waals surface area contributed by atoms with Gasteiger partial charge in [-0.05, 0) is 55.5 Å². The van der Waals surface area contributed by atoms with Crippen molar-refractivity contribution in [2.24, 2.45) is 0 Å². The maximum atomic E-state index is 12.9. The molecule has 0 saturated heterocycles. The Morgan fingerprint density at radius 3 is 2.56 bits per heavy atom. The molecule has 0 amide bonds. The fourth-order valence-electron chi connectivity index (χ4n) is 2.64. The highest BCUT2D eigenvalue weighted by Gasteiger charge is 2.28. The van der Waals surface area contributed by atoms with Crippen LogP contribution in [0, 0.1) is 12.7 Å². The van der Waals surface area contributed by atoms with Crippen LogP contribution in [0.3, 0.4) is 0 Å². The predicted molar refractivity (Wildman–Crippen MR) is 94.2 cm³/mol. The molecule has 134 valence electrons. The number of halogens is 1. The van der Waals surface area contributed by atoms with Crippen molar-refractivity contribution in [3.63, 3.8) is 0 Å². The molecule has 2 aromatic carbocycles. The van der Waals surface area contributed by atoms with Gasteiger partial charge in [0.05, 0.1) is 11.1 Å². The molecule has 3 aromatic rings. The predicted octanol–water partition coefficient (Wildman–Crippen LogP) is 4.56. The lowest BCUT2D eigenvalue weighted by Crippen LogP contribution is -2.08. The average Bonchev–Trinajstić information content (AvgIpc) is 3.19. The second-order valence-corrected chi connectivity index (χ2v) is 5.94. The van der Waals surface area contributed by atoms with E-state index >= 15 is 0 Å². The zero-order valence-electron chi connectivity index (χ0n) is 14.2. The Kier molecular flexibility index (Phi) is 4.08. The average molecular weight is 364 g/mol. The van der Waals surface area contributed by atoms with E-state index in [0.717, 1.165) is 5.76 Å². The van der Waals surface area contributed by atoms with Crippen LogP contribution in [0.1, 0.15) is 32.2 Å². The van der Waals surface area contributed by atoms with E-state index in [1.54, 1.807) is 19.1 Å². The molecule has 5 nitrogen and oxygen atoms in total. The number of carbonyl (C=O) groups is 2. The summed E-state index contributed by atoms with van der Waals surface area (Å²) in [6, 6.07) is 13.0. The van der Waals surface area contributed by atoms with Crippen LogP contribution in [0.15, 0.2) is 64.8 Å². The van der Waals surface area contributed by atoms with E-state index in [4.69, 9.17) is 13.9 Å². The summed E-state index contributed by atoms with van der Waals surface area (Å²) in [7, 11) is 0. The molecular weight excluding hydrogens is 351 g/mol. The molecule has 0 fully saturated rings. The summed E-state index contributed by atoms with van der Waals surface area (Å²) in [5.74, 6) is 0.497. The lowest BCUT2D eigenvalue weighted by Gasteiger charge is -2.05. The van der Waals surface area contributed by atoms with Crippen molar-refractivity contribution < 1.29 is 27.9 Å². The number of carbonyl (C=O) groups excluding carboxylic acids is 2. The minimum atomic E-state index is -0.638. The molecule has 1 aromatic heterocycles. The zero-order chi connectivity index (χ0) is 19.0. The molecule has 0 N–H and O–H groups in total. The number of hydrogen-bond acceptors (Lipinski definition) is 5. The molecule has 2 heterocycles. The van der Waals surface area contributed by atoms with Gasteiger partial charge in [-0.1, -0.05) is 0 Å². The minimum Gasteiger partial charge on any atom is -0.462 e. The first-order chi connectivity index (χ1) is 13.0. The van der Waals surface area contributed by atoms with E-state index < -0.39 is 11.8 Å². The van der Waals surface area contributed by atoms with Gasteiger partial charge < -0.3 is 13.9 Å². The lowest BCUT2D eigenvalue weighted by molar-refractivity contribution is 0.0734. The van der Waals surface area contributed by atoms with Crippen molar-refractivity contribution >= 4 is 17.8 Å². The molecule has 0 aliphatic carbocycles. The Hall–Kier alpha value is -3.67. The third-order valence-electron chi connectivity index (χ3n) is 3.97. The molecule has 1 aliphatic rings. The number of furan rings is 1. The van der Waals surface area contributed by atoms with Crippen molar-refractivity contribution in [2.75, 3.05) is 0 Å². The first kappa shape index (κ1) is 16.8. The monoisotopic (exact) mass is 364 g/mol. The normalized spacial score (nSPS) is 14.1. The molecule has 0 radical (unpaired) electrons. The Labute approximate surface area is 153 Å². The number of aryl methyl sites for hydroxylation is 1. The number of hydrogen-bond donors (Lipinski definition) is 0. The summed E-state index contributed by atoms with van der Waals surface area (Å²) in [4.78, 5) is 24.5. The number of esters is 1. The number of allylic oxidation sites excluding steroid dienone is 1. The number of ketones is 1. The summed E-state index contributed by atoms with van der Waals surface area (Å²) in [6.07, 6.45) is 1.51. The minimum absolute atomic E-state index is 0.126. The molecule has 6 heteroatoms. The molecule has 1 aliphatic heterocycles. The summed E-state index contributed by atoms with van der Waals surface area (Å²) < 4.78 is 29.2. The van der Waals surface area contributed by atoms with Gasteiger partial charge >= 0.3 is 5.97 Å². The van der Waals surface area contributed by atoms with Crippen LogP contribution in [-0.4, -0.2) is 11.8 Å². The number of benzene rings is 2. The Morgan fingerprint density at radius 1 is 1.07 bits per heavy atom. The van der Waals surface area contributed by atoms with E-state index in [2.05, 4.69) is 0 Å². The van der Waals surface area contributed by atoms with Gasteiger partial charge in [-0.2, -0.15) is 0 Å². The van der Waals surface area contributed by atoms with Crippen molar-refractivity contribution in [3.05, 3.63) is 88.8 Å². The van der Waals surface area contributed by atoms with Crippen LogP contribution in [0.2, 0.25) is 0 Å². The van der Waals surface area contributed by atoms with Gasteiger partial charge in [-0.25, -0.2) is 9.18 Å². The van der Waals surface area contributed by atoms with Gasteiger partial charge in [-0.3, -0.25) is 4.79 Å². The van der Waals surface area contributed by atoms with E-state index in [0.29, 0.717) is 17.1 Å². The second kappa shape index (κ2) is 6.57. The Bertz CT molecular complexity index is 1080. The molecular formula is C21H13FO5. The molecule has 0 bridgehead atoms. The summed E-state index contributed by atoms with van der Waals surface area (Å²) >= 11 is 0. The van der Waals surface area contributed by atoms with Crippen molar-refractivity contribution in [1.82, 2.24) is 0 Å². The van der Waals surface area contributed by atoms with E-state index in [1.807, 2.05) is 0 Å². The Morgan fingerprint density at radius 2 is 1.85 bits per heavy atom. The Balaban J connectivity index is 1.54. The first-order valence-corrected chi connectivity index (χ1v) is 8.12. The van der Waals surface area contributed by atoms with Gasteiger partial charge in [0.15, 0.2) is 5.76 Å². The lowest BCUT2D eigenvalue weighted by atomic mass is 10.1. The highest BCUT2D eigenvalue weighted by atomic mass is 19.1. The standard InChI is InChI=1S/C21H13FO5/c1-12-2-7-15(25-12)11-19-20(23)17-9-8-16(10-18(17)27-19)26-21(24)13-3-5-14(22)6-4-13/h2-11H,1H3/b19-11+. The third-order valence-corrected chi connectivity index (χ3v) is 3.97. The van der Waals surface area contributed by atoms with Gasteiger partial charge in [-0.15, -0.1) is 0 Å². The largest absolute Gasteiger partial charge is 0.462 e. The van der Waals surface area contributed by atoms with Crippen LogP contribution in [0.5, 0.6) is 11.5 Å². The van der Waals surface area contributed by atoms with Gasteiger partial charge in [0.2, 0.25) is 5.78 Å². The zero-order valence-corrected chi connectivity index (χ0v) is 14.2. The number of fused-ring (bicyclic) bond motifs is 1. The van der Waals surface area contributed by atoms with E-state index in [1.165, 1.54) is 48.5 Å². The van der Waals surface area contributed by atoms with Gasteiger partial charge in [0, 0.05) is 12.1 Å². The smallest absolute Gasteiger partial charge is 0.343 e. The fourth-order valence-corrected chi connectivity index (χ4v) is 2.64. The van der Waals surface area contributed by atoms with Crippen molar-refractivity contribution in [3.8, 4) is 11.5 Å². The van der Waals surface area contributed by atoms with Crippen molar-refractivity contribution in [2.45, 2.75) is 6.92 Å². The number of rotatable bonds is 3. The SMILES string of the molecule is Cc1ccc(/C=C2/Oc3cc(OC(=O)c4ccc(F)cc4)ccc3C2=O)o1. The summed E-state index contributed by atoms with van der Waals surface area (Å²) in [5.41, 5.74) is 0.578. The van der Waals surface area contributed by atoms with Gasteiger partial charge in [0.1, 0.15) is 28.8 Å². The maximum Gasteiger partial charge on any atom is 0.343 e. The quantitative estimate of drug-likeness (QED) is 0.387. The molecule has 0 saturated carbocycles. The second-order valence-electron chi connectivity index (χ2n) is 5.94. The van der Waals surface area contributed by atoms with Crippen LogP contribution in [0.4, 0.5) is 4.39 Å². The fraction of sp³-hybridized carbons (Fsp3) is 0.0476. The summed E-state index contributed by atoms with van der Waals surface area (Å²) in [6.45, 7) is 1.80. The first-order valence-electron chi connectivity index (χ1n) is 8.12. The molecule has 4 rings (SSSR count). The highest BCUT2D eigenvalue weighted by molar-refractivity contribution is 6.14. The van der Waals surface area contributed by atoms with E-state index in [-0.39, 0.29) is 22.9 Å². The molecule has 27 heavy (non-hydrogen) atoms. The topological polar surface area (TPSA) is 65.7 Å². The number of Topliss-reactive ketones (excluding diaryl/α,β-unsaturated/α-hetero) is 1. The number of ether oxygens (including phenoxy) is 2. The molecule has 0 unspecified atom stereocenters. The highest BCUT2D eigenvalue weighted by Crippen LogP contribution is 2.35. The van der Waals surface area contributed by atoms with E-state index in [9.17, 15) is 14.0 Å². The van der Waals surface area contributed by atoms with Crippen LogP contribution in [0.25, 0.3) is 6.08 Å². The summed E-state index contributed by atoms with van der Waals surface area (Å²) in [5, 5.41) is 0. The third kappa shape index (κ3) is 3.37. The molecule has 0 atom stereocenters. The maximum absolute atomic E-state index is 12.9. The van der Waals surface area contributed by atoms with Crippen LogP contribution >= 0.6 is 0 Å². The van der Waals surface area contributed by atoms with Crippen LogP contribution < -0.4 is 9.47 Å². The van der Waals surface area contributed by atoms with Crippen molar-refractivity contribution in [1.29, 1.82) is 0 Å². The molecule has 0 spiro atoms. The van der Waals surface area contributed by atoms with Crippen LogP contribution in [-0.2, 0) is 0 Å².